The molecule has 6 aliphatic rings. The number of nitrogens with zero attached hydrogens (tertiary/aromatic N) is 10. The number of nitrogen functional groups attached to an aromatic ring is 2. The number of para-hydroxylation sites is 4. The number of terminal acetylenes is 1. The number of anilines is 2. The van der Waals surface area contributed by atoms with Crippen molar-refractivity contribution in [2.45, 2.75) is 125 Å². The topological polar surface area (TPSA) is 374 Å². The van der Waals surface area contributed by atoms with Gasteiger partial charge in [0.2, 0.25) is 5.82 Å². The highest BCUT2D eigenvalue weighted by atomic mass is 127. The fourth-order valence-electron chi connectivity index (χ4n) is 10.3. The van der Waals surface area contributed by atoms with E-state index in [1.165, 1.54) is 28.9 Å². The van der Waals surface area contributed by atoms with Gasteiger partial charge in [0.1, 0.15) is 35.4 Å². The minimum atomic E-state index is -1.42. The monoisotopic (exact) mass is 1310 g/mol. The predicted octanol–water partition coefficient (Wildman–Crippen LogP) is 2.81. The predicted molar refractivity (Wildman–Crippen MR) is 318 cm³/mol. The Bertz CT molecular complexity index is 3570. The number of piperidine rings is 2. The zero-order valence-corrected chi connectivity index (χ0v) is 49.7. The van der Waals surface area contributed by atoms with Crippen LogP contribution in [0.4, 0.5) is 21.2 Å². The maximum absolute atomic E-state index is 12.6. The second-order valence-electron chi connectivity index (χ2n) is 21.7. The molecule has 0 radical (unpaired) electrons. The number of carbonyl (C=O) groups excluding carboxylic acids is 4. The standard InChI is InChI=1S/C29H33N7O7.C16H19NO3.C13H15IN6O4/c1-41-18-6-2-3-7-19(18)42-29(40)35-13-11-16(12-14-35)5-4-8-20-33-25(30)21-26(34-20)36(15-31-21)28-23(38)22(37)24(43-28)27(39)32-17-9-10-17;1-3-6-13-9-11-17(12-10-13)16(18)20-15-8-5-4-7-14(15)19-2;14-13-18-9(15)5-10(19-13)20(3-16-5)12-7(22)6(21)8(24-12)11(23)17-4-1-2-4/h2-3,6-7,15-17,22-24,28,37-38H,5,9-14H2,1H3,(H,32,39)(H2,30,33,34);1,4-5,7-8,13H,6,9-12H2,2H3;3-4,6-8,12,21-22H,1-2H2,(H,17,23)(H2,15,18,19)/t22?,23-,24-,28+;;6?,7-,8-,12+/m0.0/s1. The number of aliphatic hydroxyl groups excluding tert-OH is 4. The molecule has 29 heteroatoms. The van der Waals surface area contributed by atoms with Crippen LogP contribution in [0.5, 0.6) is 23.0 Å². The van der Waals surface area contributed by atoms with E-state index in [4.69, 9.17) is 46.3 Å². The molecule has 87 heavy (non-hydrogen) atoms. The van der Waals surface area contributed by atoms with E-state index in [0.717, 1.165) is 57.8 Å². The van der Waals surface area contributed by atoms with Gasteiger partial charge in [-0.3, -0.25) is 18.7 Å². The number of hydrogen-bond acceptors (Lipinski definition) is 22. The number of aliphatic hydroxyl groups is 4. The number of nitrogens with two attached hydrogens (primary N) is 2. The summed E-state index contributed by atoms with van der Waals surface area (Å²) in [6, 6.07) is 14.4. The first-order valence-corrected chi connectivity index (χ1v) is 29.5. The number of fused-ring (bicyclic) bond motifs is 2. The molecule has 4 saturated heterocycles. The van der Waals surface area contributed by atoms with Crippen LogP contribution in [-0.4, -0.2) is 182 Å². The van der Waals surface area contributed by atoms with Crippen LogP contribution in [0.3, 0.4) is 0 Å². The Labute approximate surface area is 512 Å². The molecule has 8 heterocycles. The lowest BCUT2D eigenvalue weighted by atomic mass is 9.94. The highest BCUT2D eigenvalue weighted by Gasteiger charge is 2.50. The number of benzene rings is 2. The molecule has 4 aliphatic heterocycles. The van der Waals surface area contributed by atoms with E-state index in [0.29, 0.717) is 76.5 Å². The summed E-state index contributed by atoms with van der Waals surface area (Å²) in [6.07, 6.45) is 5.76. The van der Waals surface area contributed by atoms with Crippen molar-refractivity contribution in [3.63, 3.8) is 0 Å². The normalized spacial score (nSPS) is 23.7. The molecule has 6 fully saturated rings. The Hall–Kier alpha value is -8.17. The first-order valence-electron chi connectivity index (χ1n) is 28.4. The summed E-state index contributed by atoms with van der Waals surface area (Å²) in [4.78, 5) is 78.2. The van der Waals surface area contributed by atoms with Gasteiger partial charge in [-0.2, -0.15) is 0 Å². The molecule has 460 valence electrons. The van der Waals surface area contributed by atoms with Gasteiger partial charge in [-0.25, -0.2) is 39.5 Å². The van der Waals surface area contributed by atoms with Gasteiger partial charge >= 0.3 is 12.2 Å². The van der Waals surface area contributed by atoms with Crippen molar-refractivity contribution in [3.05, 3.63) is 70.8 Å². The first kappa shape index (κ1) is 61.9. The highest BCUT2D eigenvalue weighted by Crippen LogP contribution is 2.36. The van der Waals surface area contributed by atoms with Crippen molar-refractivity contribution in [1.82, 2.24) is 59.5 Å². The number of ether oxygens (including phenoxy) is 6. The van der Waals surface area contributed by atoms with Crippen molar-refractivity contribution < 1.29 is 68.0 Å². The maximum Gasteiger partial charge on any atom is 0.415 e. The van der Waals surface area contributed by atoms with Crippen LogP contribution < -0.4 is 41.0 Å². The van der Waals surface area contributed by atoms with Crippen molar-refractivity contribution in [2.24, 2.45) is 11.8 Å². The zero-order valence-electron chi connectivity index (χ0n) is 47.6. The van der Waals surface area contributed by atoms with Crippen molar-refractivity contribution >= 4 is 80.6 Å². The summed E-state index contributed by atoms with van der Waals surface area (Å²) in [5, 5.41) is 47.2. The van der Waals surface area contributed by atoms with E-state index in [-0.39, 0.29) is 52.7 Å². The fraction of sp³-hybridized carbons (Fsp3) is 0.483. The molecule has 28 nitrogen and oxygen atoms in total. The average Bonchev–Trinajstić information content (AvgIpc) is 1.83. The van der Waals surface area contributed by atoms with Gasteiger partial charge in [0, 0.05) is 73.7 Å². The summed E-state index contributed by atoms with van der Waals surface area (Å²) >= 11 is 1.91. The van der Waals surface area contributed by atoms with Gasteiger partial charge in [0.25, 0.3) is 11.8 Å². The fourth-order valence-corrected chi connectivity index (χ4v) is 10.8. The molecule has 2 saturated carbocycles. The number of hydrogen-bond donors (Lipinski definition) is 8. The summed E-state index contributed by atoms with van der Waals surface area (Å²) in [5.74, 6) is 11.0. The van der Waals surface area contributed by atoms with Crippen molar-refractivity contribution in [2.75, 3.05) is 51.9 Å². The maximum atomic E-state index is 12.6. The summed E-state index contributed by atoms with van der Waals surface area (Å²) in [5.41, 5.74) is 13.2. The lowest BCUT2D eigenvalue weighted by molar-refractivity contribution is -0.138. The SMILES string of the molecule is C#CCC1CCN(C(=O)Oc2ccccc2OC)CC1.COc1ccccc1OC(=O)N1CCC(CC#Cc2nc(N)c3ncn([C@@H]4O[C@H](C(=O)NC5CC5)C(O)[C@@H]4O)c3n2)CC1.Nc1nc(I)nc2c1ncn2[C@@H]1O[C@H](C(=O)NC2CC2)C(O)[C@@H]1O. The summed E-state index contributed by atoms with van der Waals surface area (Å²) in [7, 11) is 3.08. The lowest BCUT2D eigenvalue weighted by Gasteiger charge is -2.30. The lowest BCUT2D eigenvalue weighted by Crippen LogP contribution is -2.43. The van der Waals surface area contributed by atoms with Crippen molar-refractivity contribution in [1.29, 1.82) is 0 Å². The second kappa shape index (κ2) is 27.7. The van der Waals surface area contributed by atoms with Crippen molar-refractivity contribution in [3.8, 4) is 47.2 Å². The van der Waals surface area contributed by atoms with Crippen LogP contribution in [0.1, 0.15) is 82.5 Å². The molecule has 0 bridgehead atoms. The van der Waals surface area contributed by atoms with Crippen LogP contribution in [0.2, 0.25) is 0 Å². The van der Waals surface area contributed by atoms with E-state index in [1.54, 1.807) is 53.3 Å². The number of carbonyl (C=O) groups is 4. The van der Waals surface area contributed by atoms with Crippen LogP contribution in [0, 0.1) is 39.9 Å². The molecule has 6 aromatic rings. The van der Waals surface area contributed by atoms with E-state index < -0.39 is 67.0 Å². The van der Waals surface area contributed by atoms with Crippen LogP contribution in [0.25, 0.3) is 22.3 Å². The van der Waals surface area contributed by atoms with Gasteiger partial charge in [-0.15, -0.1) is 12.3 Å². The third kappa shape index (κ3) is 14.6. The highest BCUT2D eigenvalue weighted by molar-refractivity contribution is 14.1. The largest absolute Gasteiger partial charge is 0.493 e. The Balaban J connectivity index is 0.000000160. The van der Waals surface area contributed by atoms with Crippen LogP contribution >= 0.6 is 22.6 Å². The van der Waals surface area contributed by atoms with E-state index >= 15 is 0 Å². The molecular weight excluding hydrogens is 1240 g/mol. The second-order valence-corrected chi connectivity index (χ2v) is 22.7. The molecule has 2 unspecified atom stereocenters. The Morgan fingerprint density at radius 1 is 0.621 bits per heavy atom. The Morgan fingerprint density at radius 2 is 1.05 bits per heavy atom. The number of halogens is 1. The molecular formula is C58H67IN14O14. The Kier molecular flexibility index (Phi) is 19.7. The molecule has 10 N–H and O–H groups in total. The third-order valence-corrected chi connectivity index (χ3v) is 16.0. The number of likely N-dealkylation sites (tertiary alicyclic amines) is 2. The van der Waals surface area contributed by atoms with Gasteiger partial charge < -0.3 is 80.7 Å². The first-order chi connectivity index (χ1) is 42.0. The van der Waals surface area contributed by atoms with Gasteiger partial charge in [0.15, 0.2) is 74.4 Å². The molecule has 4 aromatic heterocycles. The minimum Gasteiger partial charge on any atom is -0.493 e. The van der Waals surface area contributed by atoms with Crippen LogP contribution in [0.15, 0.2) is 61.2 Å². The molecule has 2 aliphatic carbocycles. The molecule has 12 rings (SSSR count). The van der Waals surface area contributed by atoms with Gasteiger partial charge in [0.05, 0.1) is 26.9 Å². The number of aromatic nitrogens is 8. The molecule has 4 amide bonds. The van der Waals surface area contributed by atoms with Gasteiger partial charge in [-0.05, 0) is 93.4 Å². The molecule has 0 spiro atoms. The average molecular weight is 1310 g/mol. The zero-order chi connectivity index (χ0) is 61.5. The molecule has 2 aromatic carbocycles. The number of methoxy groups -OCH3 is 2. The number of rotatable bonds is 12. The van der Waals surface area contributed by atoms with E-state index in [9.17, 15) is 39.6 Å². The smallest absolute Gasteiger partial charge is 0.415 e. The van der Waals surface area contributed by atoms with Gasteiger partial charge in [-0.1, -0.05) is 30.2 Å². The Morgan fingerprint density at radius 3 is 1.48 bits per heavy atom. The summed E-state index contributed by atoms with van der Waals surface area (Å²) < 4.78 is 36.0. The number of nitrogens with one attached hydrogen (secondary N) is 2. The third-order valence-electron chi connectivity index (χ3n) is 15.5. The molecule has 8 atom stereocenters. The number of imidazole rings is 2. The van der Waals surface area contributed by atoms with Crippen LogP contribution in [-0.2, 0) is 19.1 Å². The van der Waals surface area contributed by atoms with E-state index in [2.05, 4.69) is 58.3 Å². The quantitative estimate of drug-likeness (QED) is 0.0496. The van der Waals surface area contributed by atoms with E-state index in [1.807, 2.05) is 34.7 Å². The summed E-state index contributed by atoms with van der Waals surface area (Å²) in [6.45, 7) is 2.48. The number of amides is 4. The minimum absolute atomic E-state index is 0.0792.